The van der Waals surface area contributed by atoms with Crippen molar-refractivity contribution in [2.45, 2.75) is 25.4 Å². The second-order valence-corrected chi connectivity index (χ2v) is 3.88. The van der Waals surface area contributed by atoms with E-state index in [4.69, 9.17) is 4.74 Å². The highest BCUT2D eigenvalue weighted by atomic mass is 16.5. The first-order valence-electron chi connectivity index (χ1n) is 4.89. The van der Waals surface area contributed by atoms with Crippen LogP contribution in [0.3, 0.4) is 0 Å². The average Bonchev–Trinajstić information content (AvgIpc) is 2.43. The van der Waals surface area contributed by atoms with Gasteiger partial charge in [-0.1, -0.05) is 0 Å². The van der Waals surface area contributed by atoms with Crippen LogP contribution in [-0.4, -0.2) is 37.7 Å². The van der Waals surface area contributed by atoms with Crippen LogP contribution in [0.15, 0.2) is 0 Å². The van der Waals surface area contributed by atoms with E-state index in [1.807, 2.05) is 0 Å². The zero-order chi connectivity index (χ0) is 9.26. The molecule has 2 fully saturated rings. The standard InChI is InChI=1S/C9H16N2O2/c1-6-8(2-3-10-6)9(12)11-7-4-13-5-7/h6-8,10H,2-5H2,1H3,(H,11,12). The Kier molecular flexibility index (Phi) is 2.51. The second-order valence-electron chi connectivity index (χ2n) is 3.88. The third kappa shape index (κ3) is 1.84. The van der Waals surface area contributed by atoms with Crippen molar-refractivity contribution in [2.75, 3.05) is 19.8 Å². The summed E-state index contributed by atoms with van der Waals surface area (Å²) in [6, 6.07) is 0.585. The van der Waals surface area contributed by atoms with E-state index in [2.05, 4.69) is 17.6 Å². The van der Waals surface area contributed by atoms with Crippen molar-refractivity contribution in [3.05, 3.63) is 0 Å². The molecular weight excluding hydrogens is 168 g/mol. The van der Waals surface area contributed by atoms with Gasteiger partial charge < -0.3 is 15.4 Å². The molecule has 2 N–H and O–H groups in total. The molecule has 74 valence electrons. The van der Waals surface area contributed by atoms with Crippen LogP contribution in [-0.2, 0) is 9.53 Å². The Bertz CT molecular complexity index is 204. The molecule has 2 saturated heterocycles. The monoisotopic (exact) mass is 184 g/mol. The van der Waals surface area contributed by atoms with Crippen LogP contribution in [0, 0.1) is 5.92 Å². The lowest BCUT2D eigenvalue weighted by atomic mass is 10.0. The van der Waals surface area contributed by atoms with Crippen LogP contribution in [0.2, 0.25) is 0 Å². The summed E-state index contributed by atoms with van der Waals surface area (Å²) in [6.45, 7) is 4.38. The third-order valence-corrected chi connectivity index (χ3v) is 2.85. The predicted molar refractivity (Wildman–Crippen MR) is 48.3 cm³/mol. The molecule has 0 aliphatic carbocycles. The van der Waals surface area contributed by atoms with Crippen LogP contribution in [0.1, 0.15) is 13.3 Å². The topological polar surface area (TPSA) is 50.4 Å². The van der Waals surface area contributed by atoms with Crippen molar-refractivity contribution in [3.8, 4) is 0 Å². The van der Waals surface area contributed by atoms with Crippen LogP contribution in [0.25, 0.3) is 0 Å². The van der Waals surface area contributed by atoms with Gasteiger partial charge in [0.15, 0.2) is 0 Å². The largest absolute Gasteiger partial charge is 0.377 e. The summed E-state index contributed by atoms with van der Waals surface area (Å²) in [7, 11) is 0. The summed E-state index contributed by atoms with van der Waals surface area (Å²) in [6.07, 6.45) is 0.959. The van der Waals surface area contributed by atoms with Crippen LogP contribution in [0.5, 0.6) is 0 Å². The molecule has 1 amide bonds. The van der Waals surface area contributed by atoms with E-state index in [9.17, 15) is 4.79 Å². The molecule has 2 atom stereocenters. The smallest absolute Gasteiger partial charge is 0.225 e. The fourth-order valence-corrected chi connectivity index (χ4v) is 1.84. The lowest BCUT2D eigenvalue weighted by molar-refractivity contribution is -0.129. The van der Waals surface area contributed by atoms with Crippen molar-refractivity contribution >= 4 is 5.91 Å². The average molecular weight is 184 g/mol. The highest BCUT2D eigenvalue weighted by Gasteiger charge is 2.31. The maximum atomic E-state index is 11.7. The molecule has 4 nitrogen and oxygen atoms in total. The molecule has 0 aromatic rings. The fraction of sp³-hybridized carbons (Fsp3) is 0.889. The molecule has 2 heterocycles. The summed E-state index contributed by atoms with van der Waals surface area (Å²) in [5.41, 5.74) is 0. The Morgan fingerprint density at radius 3 is 2.77 bits per heavy atom. The molecule has 0 aromatic carbocycles. The summed E-state index contributed by atoms with van der Waals surface area (Å²) in [4.78, 5) is 11.7. The first-order valence-corrected chi connectivity index (χ1v) is 4.89. The molecule has 2 unspecified atom stereocenters. The Balaban J connectivity index is 1.81. The van der Waals surface area contributed by atoms with E-state index in [1.54, 1.807) is 0 Å². The Morgan fingerprint density at radius 1 is 1.54 bits per heavy atom. The number of amides is 1. The summed E-state index contributed by atoms with van der Waals surface area (Å²) < 4.78 is 4.99. The zero-order valence-electron chi connectivity index (χ0n) is 7.88. The summed E-state index contributed by atoms with van der Waals surface area (Å²) in [5, 5.41) is 6.25. The van der Waals surface area contributed by atoms with Gasteiger partial charge >= 0.3 is 0 Å². The molecular formula is C9H16N2O2. The van der Waals surface area contributed by atoms with E-state index in [1.165, 1.54) is 0 Å². The Morgan fingerprint density at radius 2 is 2.31 bits per heavy atom. The van der Waals surface area contributed by atoms with Crippen molar-refractivity contribution in [3.63, 3.8) is 0 Å². The maximum Gasteiger partial charge on any atom is 0.225 e. The molecule has 2 aliphatic heterocycles. The van der Waals surface area contributed by atoms with E-state index in [0.29, 0.717) is 19.3 Å². The summed E-state index contributed by atoms with van der Waals surface area (Å²) >= 11 is 0. The molecule has 0 saturated carbocycles. The van der Waals surface area contributed by atoms with Gasteiger partial charge in [-0.05, 0) is 19.9 Å². The van der Waals surface area contributed by atoms with Gasteiger partial charge in [0.05, 0.1) is 25.2 Å². The number of carbonyl (C=O) groups excluding carboxylic acids is 1. The normalized spacial score (nSPS) is 34.2. The van der Waals surface area contributed by atoms with E-state index in [-0.39, 0.29) is 17.9 Å². The zero-order valence-corrected chi connectivity index (χ0v) is 7.88. The predicted octanol–water partition coefficient (Wildman–Crippen LogP) is -0.501. The SMILES string of the molecule is CC1NCCC1C(=O)NC1COC1. The number of nitrogens with one attached hydrogen (secondary N) is 2. The minimum Gasteiger partial charge on any atom is -0.377 e. The van der Waals surface area contributed by atoms with E-state index < -0.39 is 0 Å². The van der Waals surface area contributed by atoms with Gasteiger partial charge in [-0.25, -0.2) is 0 Å². The highest BCUT2D eigenvalue weighted by molar-refractivity contribution is 5.80. The minimum atomic E-state index is 0.153. The second kappa shape index (κ2) is 3.64. The van der Waals surface area contributed by atoms with Crippen LogP contribution < -0.4 is 10.6 Å². The van der Waals surface area contributed by atoms with Gasteiger partial charge in [0.2, 0.25) is 5.91 Å². The van der Waals surface area contributed by atoms with Crippen LogP contribution >= 0.6 is 0 Å². The minimum absolute atomic E-state index is 0.153. The Hall–Kier alpha value is -0.610. The number of ether oxygens (including phenoxy) is 1. The van der Waals surface area contributed by atoms with E-state index >= 15 is 0 Å². The van der Waals surface area contributed by atoms with Gasteiger partial charge in [0.1, 0.15) is 0 Å². The van der Waals surface area contributed by atoms with Crippen molar-refractivity contribution < 1.29 is 9.53 Å². The first-order chi connectivity index (χ1) is 6.27. The maximum absolute atomic E-state index is 11.7. The number of hydrogen-bond acceptors (Lipinski definition) is 3. The molecule has 0 spiro atoms. The molecule has 2 aliphatic rings. The van der Waals surface area contributed by atoms with Crippen molar-refractivity contribution in [2.24, 2.45) is 5.92 Å². The Labute approximate surface area is 78.0 Å². The highest BCUT2D eigenvalue weighted by Crippen LogP contribution is 2.15. The van der Waals surface area contributed by atoms with Gasteiger partial charge in [0.25, 0.3) is 0 Å². The van der Waals surface area contributed by atoms with Gasteiger partial charge in [-0.15, -0.1) is 0 Å². The lowest BCUT2D eigenvalue weighted by Crippen LogP contribution is -2.51. The molecule has 0 aromatic heterocycles. The van der Waals surface area contributed by atoms with Crippen LogP contribution in [0.4, 0.5) is 0 Å². The van der Waals surface area contributed by atoms with Crippen molar-refractivity contribution in [1.82, 2.24) is 10.6 Å². The van der Waals surface area contributed by atoms with Gasteiger partial charge in [0, 0.05) is 6.04 Å². The molecule has 2 rings (SSSR count). The number of rotatable bonds is 2. The summed E-state index contributed by atoms with van der Waals surface area (Å²) in [5.74, 6) is 0.339. The fourth-order valence-electron chi connectivity index (χ4n) is 1.84. The number of carbonyl (C=O) groups is 1. The van der Waals surface area contributed by atoms with Gasteiger partial charge in [-0.2, -0.15) is 0 Å². The first kappa shape index (κ1) is 8.97. The molecule has 0 bridgehead atoms. The lowest BCUT2D eigenvalue weighted by Gasteiger charge is -2.28. The van der Waals surface area contributed by atoms with Gasteiger partial charge in [-0.3, -0.25) is 4.79 Å². The molecule has 13 heavy (non-hydrogen) atoms. The third-order valence-electron chi connectivity index (χ3n) is 2.85. The molecule has 4 heteroatoms. The van der Waals surface area contributed by atoms with E-state index in [0.717, 1.165) is 13.0 Å². The quantitative estimate of drug-likeness (QED) is 0.608. The van der Waals surface area contributed by atoms with Crippen molar-refractivity contribution in [1.29, 1.82) is 0 Å². The molecule has 0 radical (unpaired) electrons. The number of hydrogen-bond donors (Lipinski definition) is 2.